The minimum atomic E-state index is 0.0174. The molecule has 0 bridgehead atoms. The third-order valence-corrected chi connectivity index (χ3v) is 4.46. The fourth-order valence-electron chi connectivity index (χ4n) is 3.51. The van der Waals surface area contributed by atoms with Gasteiger partial charge in [-0.05, 0) is 51.4 Å². The van der Waals surface area contributed by atoms with E-state index in [9.17, 15) is 4.79 Å². The second-order valence-corrected chi connectivity index (χ2v) is 6.09. The molecule has 2 aliphatic carbocycles. The first-order chi connectivity index (χ1) is 8.69. The van der Waals surface area contributed by atoms with Crippen molar-refractivity contribution in [3.63, 3.8) is 0 Å². The lowest BCUT2D eigenvalue weighted by Crippen LogP contribution is -2.41. The average molecular weight is 253 g/mol. The van der Waals surface area contributed by atoms with Gasteiger partial charge >= 0.3 is 5.97 Å². The number of hydrogen-bond acceptors (Lipinski definition) is 3. The lowest BCUT2D eigenvalue weighted by molar-refractivity contribution is -0.149. The number of rotatable bonds is 4. The molecule has 0 radical (unpaired) electrons. The number of carbonyl (C=O) groups excluding carboxylic acids is 1. The summed E-state index contributed by atoms with van der Waals surface area (Å²) in [5.74, 6) is 1.02. The molecule has 1 N–H and O–H groups in total. The fourth-order valence-corrected chi connectivity index (χ4v) is 3.51. The van der Waals surface area contributed by atoms with Gasteiger partial charge < -0.3 is 10.1 Å². The first-order valence-corrected chi connectivity index (χ1v) is 7.61. The van der Waals surface area contributed by atoms with E-state index in [-0.39, 0.29) is 11.9 Å². The molecule has 2 saturated carbocycles. The van der Waals surface area contributed by atoms with Crippen molar-refractivity contribution in [1.82, 2.24) is 5.32 Å². The van der Waals surface area contributed by atoms with Crippen molar-refractivity contribution < 1.29 is 9.53 Å². The molecular weight excluding hydrogens is 226 g/mol. The molecule has 2 rings (SSSR count). The van der Waals surface area contributed by atoms with Crippen LogP contribution < -0.4 is 5.32 Å². The van der Waals surface area contributed by atoms with Gasteiger partial charge in [0.15, 0.2) is 0 Å². The number of esters is 1. The van der Waals surface area contributed by atoms with Crippen LogP contribution in [0.4, 0.5) is 0 Å². The van der Waals surface area contributed by atoms with Crippen molar-refractivity contribution in [1.29, 1.82) is 0 Å². The molecule has 0 aromatic rings. The molecule has 3 heteroatoms. The fraction of sp³-hybridized carbons (Fsp3) is 0.933. The Morgan fingerprint density at radius 1 is 1.17 bits per heavy atom. The minimum Gasteiger partial charge on any atom is -0.466 e. The van der Waals surface area contributed by atoms with Crippen LogP contribution in [0.5, 0.6) is 0 Å². The monoisotopic (exact) mass is 253 g/mol. The van der Waals surface area contributed by atoms with Crippen LogP contribution in [-0.4, -0.2) is 24.7 Å². The molecule has 0 aromatic carbocycles. The van der Waals surface area contributed by atoms with Gasteiger partial charge in [-0.25, -0.2) is 0 Å². The molecule has 18 heavy (non-hydrogen) atoms. The SMILES string of the molecule is CCOC(=O)C1CCCC(NC2CCC(C)C2)C1. The zero-order valence-electron chi connectivity index (χ0n) is 11.8. The first-order valence-electron chi connectivity index (χ1n) is 7.61. The van der Waals surface area contributed by atoms with E-state index in [0.29, 0.717) is 18.7 Å². The number of ether oxygens (including phenoxy) is 1. The van der Waals surface area contributed by atoms with Crippen LogP contribution >= 0.6 is 0 Å². The summed E-state index contributed by atoms with van der Waals surface area (Å²) in [5.41, 5.74) is 0. The smallest absolute Gasteiger partial charge is 0.308 e. The van der Waals surface area contributed by atoms with E-state index < -0.39 is 0 Å². The summed E-state index contributed by atoms with van der Waals surface area (Å²) in [6.45, 7) is 4.73. The lowest BCUT2D eigenvalue weighted by Gasteiger charge is -2.30. The third kappa shape index (κ3) is 3.71. The Labute approximate surface area is 111 Å². The number of hydrogen-bond donors (Lipinski definition) is 1. The highest BCUT2D eigenvalue weighted by molar-refractivity contribution is 5.72. The van der Waals surface area contributed by atoms with Gasteiger partial charge in [-0.3, -0.25) is 4.79 Å². The minimum absolute atomic E-state index is 0.0174. The van der Waals surface area contributed by atoms with E-state index >= 15 is 0 Å². The molecule has 2 fully saturated rings. The van der Waals surface area contributed by atoms with Gasteiger partial charge in [-0.1, -0.05) is 13.3 Å². The second kappa shape index (κ2) is 6.55. The molecule has 0 heterocycles. The third-order valence-electron chi connectivity index (χ3n) is 4.46. The van der Waals surface area contributed by atoms with E-state index in [1.165, 1.54) is 25.7 Å². The Bertz CT molecular complexity index is 280. The highest BCUT2D eigenvalue weighted by Crippen LogP contribution is 2.29. The van der Waals surface area contributed by atoms with Crippen molar-refractivity contribution >= 4 is 5.97 Å². The molecular formula is C15H27NO2. The van der Waals surface area contributed by atoms with Gasteiger partial charge in [0, 0.05) is 12.1 Å². The van der Waals surface area contributed by atoms with Crippen LogP contribution in [-0.2, 0) is 9.53 Å². The molecule has 2 aliphatic rings. The Hall–Kier alpha value is -0.570. The summed E-state index contributed by atoms with van der Waals surface area (Å²) in [7, 11) is 0. The Morgan fingerprint density at radius 3 is 2.61 bits per heavy atom. The van der Waals surface area contributed by atoms with E-state index in [0.717, 1.165) is 25.2 Å². The van der Waals surface area contributed by atoms with Gasteiger partial charge in [0.1, 0.15) is 0 Å². The molecule has 0 aromatic heterocycles. The molecule has 3 nitrogen and oxygen atoms in total. The Morgan fingerprint density at radius 2 is 1.94 bits per heavy atom. The number of nitrogens with one attached hydrogen (secondary N) is 1. The van der Waals surface area contributed by atoms with E-state index in [2.05, 4.69) is 12.2 Å². The normalized spacial score (nSPS) is 36.6. The highest BCUT2D eigenvalue weighted by atomic mass is 16.5. The molecule has 0 spiro atoms. The second-order valence-electron chi connectivity index (χ2n) is 6.09. The van der Waals surface area contributed by atoms with Gasteiger partial charge in [-0.15, -0.1) is 0 Å². The summed E-state index contributed by atoms with van der Waals surface area (Å²) in [5, 5.41) is 3.77. The van der Waals surface area contributed by atoms with Gasteiger partial charge in [0.25, 0.3) is 0 Å². The largest absolute Gasteiger partial charge is 0.466 e. The molecule has 0 amide bonds. The van der Waals surface area contributed by atoms with E-state index in [1.807, 2.05) is 6.92 Å². The van der Waals surface area contributed by atoms with Gasteiger partial charge in [0.2, 0.25) is 0 Å². The van der Waals surface area contributed by atoms with Gasteiger partial charge in [-0.2, -0.15) is 0 Å². The molecule has 4 atom stereocenters. The summed E-state index contributed by atoms with van der Waals surface area (Å²) in [4.78, 5) is 11.8. The van der Waals surface area contributed by atoms with E-state index in [4.69, 9.17) is 4.74 Å². The highest BCUT2D eigenvalue weighted by Gasteiger charge is 2.30. The summed E-state index contributed by atoms with van der Waals surface area (Å²) in [6, 6.07) is 1.22. The van der Waals surface area contributed by atoms with Crippen LogP contribution in [0.2, 0.25) is 0 Å². The van der Waals surface area contributed by atoms with Crippen molar-refractivity contribution in [2.24, 2.45) is 11.8 Å². The van der Waals surface area contributed by atoms with Gasteiger partial charge in [0.05, 0.1) is 12.5 Å². The van der Waals surface area contributed by atoms with Crippen LogP contribution in [0.3, 0.4) is 0 Å². The predicted molar refractivity (Wildman–Crippen MR) is 72.3 cm³/mol. The standard InChI is InChI=1S/C15H27NO2/c1-3-18-15(17)12-5-4-6-13(10-12)16-14-8-7-11(2)9-14/h11-14,16H,3-10H2,1-2H3. The topological polar surface area (TPSA) is 38.3 Å². The maximum atomic E-state index is 11.8. The van der Waals surface area contributed by atoms with Crippen molar-refractivity contribution in [2.75, 3.05) is 6.61 Å². The number of carbonyl (C=O) groups is 1. The Kier molecular flexibility index (Phi) is 5.04. The molecule has 4 unspecified atom stereocenters. The molecule has 104 valence electrons. The molecule has 0 aliphatic heterocycles. The zero-order valence-corrected chi connectivity index (χ0v) is 11.8. The van der Waals surface area contributed by atoms with Crippen LogP contribution in [0, 0.1) is 11.8 Å². The lowest BCUT2D eigenvalue weighted by atomic mass is 9.85. The Balaban J connectivity index is 1.77. The zero-order chi connectivity index (χ0) is 13.0. The first kappa shape index (κ1) is 13.9. The van der Waals surface area contributed by atoms with Crippen molar-refractivity contribution in [3.8, 4) is 0 Å². The van der Waals surface area contributed by atoms with Crippen LogP contribution in [0.1, 0.15) is 58.8 Å². The van der Waals surface area contributed by atoms with Crippen LogP contribution in [0.25, 0.3) is 0 Å². The maximum Gasteiger partial charge on any atom is 0.308 e. The van der Waals surface area contributed by atoms with E-state index in [1.54, 1.807) is 0 Å². The van der Waals surface area contributed by atoms with Crippen LogP contribution in [0.15, 0.2) is 0 Å². The van der Waals surface area contributed by atoms with Crippen molar-refractivity contribution in [2.45, 2.75) is 70.9 Å². The quantitative estimate of drug-likeness (QED) is 0.783. The summed E-state index contributed by atoms with van der Waals surface area (Å²) in [6.07, 6.45) is 8.33. The summed E-state index contributed by atoms with van der Waals surface area (Å²) >= 11 is 0. The molecule has 0 saturated heterocycles. The summed E-state index contributed by atoms with van der Waals surface area (Å²) < 4.78 is 5.15. The predicted octanol–water partition coefficient (Wildman–Crippen LogP) is 2.89. The maximum absolute atomic E-state index is 11.8. The average Bonchev–Trinajstić information content (AvgIpc) is 2.75. The van der Waals surface area contributed by atoms with Crippen molar-refractivity contribution in [3.05, 3.63) is 0 Å².